The van der Waals surface area contributed by atoms with Crippen molar-refractivity contribution in [2.75, 3.05) is 31.7 Å². The number of hydrogen-bond donors (Lipinski definition) is 2. The summed E-state index contributed by atoms with van der Waals surface area (Å²) in [5, 5.41) is 2.83. The van der Waals surface area contributed by atoms with E-state index in [0.717, 1.165) is 37.0 Å². The molecular formula is C20H22N6O3S2. The third-order valence-electron chi connectivity index (χ3n) is 5.40. The van der Waals surface area contributed by atoms with Crippen LogP contribution in [0.25, 0.3) is 32.6 Å². The zero-order valence-corrected chi connectivity index (χ0v) is 18.5. The Balaban J connectivity index is 1.72. The van der Waals surface area contributed by atoms with Crippen LogP contribution in [0.5, 0.6) is 0 Å². The van der Waals surface area contributed by atoms with E-state index in [9.17, 15) is 8.42 Å². The van der Waals surface area contributed by atoms with Gasteiger partial charge in [-0.25, -0.2) is 27.7 Å². The number of thiol groups is 1. The van der Waals surface area contributed by atoms with Crippen LogP contribution in [-0.2, 0) is 22.2 Å². The number of fused-ring (bicyclic) bond motifs is 2. The van der Waals surface area contributed by atoms with Crippen molar-refractivity contribution < 1.29 is 14.5 Å². The van der Waals surface area contributed by atoms with E-state index in [1.54, 1.807) is 6.20 Å². The lowest BCUT2D eigenvalue weighted by Crippen LogP contribution is -2.44. The lowest BCUT2D eigenvalue weighted by Gasteiger charge is -2.34. The molecule has 1 N–H and O–H groups in total. The maximum Gasteiger partial charge on any atom is 0.203 e. The van der Waals surface area contributed by atoms with Crippen LogP contribution in [0.4, 0.5) is 5.82 Å². The number of rotatable bonds is 5. The quantitative estimate of drug-likeness (QED) is 0.442. The van der Waals surface area contributed by atoms with Gasteiger partial charge in [-0.3, -0.25) is 0 Å². The lowest BCUT2D eigenvalue weighted by molar-refractivity contribution is 0.0987. The van der Waals surface area contributed by atoms with Crippen LogP contribution in [0.2, 0.25) is 0 Å². The van der Waals surface area contributed by atoms with Crippen LogP contribution in [0.3, 0.4) is 0 Å². The van der Waals surface area contributed by atoms with E-state index >= 15 is 0 Å². The number of hydrogen-bond acceptors (Lipinski definition) is 8. The van der Waals surface area contributed by atoms with Gasteiger partial charge in [0.15, 0.2) is 11.6 Å². The fourth-order valence-corrected chi connectivity index (χ4v) is 5.10. The Morgan fingerprint density at radius 3 is 3.13 bits per heavy atom. The zero-order chi connectivity index (χ0) is 22.2. The van der Waals surface area contributed by atoms with Gasteiger partial charge in [-0.2, -0.15) is 0 Å². The van der Waals surface area contributed by atoms with Gasteiger partial charge in [0.2, 0.25) is 10.9 Å². The number of pyridine rings is 1. The van der Waals surface area contributed by atoms with Crippen LogP contribution < -0.4 is 4.90 Å². The molecule has 11 heteroatoms. The second-order valence-electron chi connectivity index (χ2n) is 7.43. The van der Waals surface area contributed by atoms with Crippen LogP contribution in [-0.4, -0.2) is 65.5 Å². The maximum atomic E-state index is 11.5. The Hall–Kier alpha value is -2.60. The molecule has 0 aliphatic carbocycles. The second-order valence-corrected chi connectivity index (χ2v) is 9.35. The molecule has 4 aromatic heterocycles. The van der Waals surface area contributed by atoms with E-state index in [2.05, 4.69) is 21.8 Å². The number of morpholine rings is 1. The summed E-state index contributed by atoms with van der Waals surface area (Å²) in [7, 11) is -3.19. The predicted molar refractivity (Wildman–Crippen MR) is 122 cm³/mol. The Labute approximate surface area is 186 Å². The highest BCUT2D eigenvalue weighted by Crippen LogP contribution is 2.37. The van der Waals surface area contributed by atoms with Crippen molar-refractivity contribution in [3.8, 4) is 11.4 Å². The van der Waals surface area contributed by atoms with Gasteiger partial charge in [0.1, 0.15) is 5.65 Å². The van der Waals surface area contributed by atoms with Crippen LogP contribution in [0, 0.1) is 0 Å². The highest BCUT2D eigenvalue weighted by atomic mass is 32.2. The molecule has 0 bridgehead atoms. The summed E-state index contributed by atoms with van der Waals surface area (Å²) in [6.45, 7) is 4.14. The third-order valence-corrected chi connectivity index (χ3v) is 7.01. The SMILES string of the molecule is [2H]CN(Cc1csc2c(N3CCOC[C@H]3C)nc(-c3ccnc4[nH]ccc34)nc12)[SH](=O)=O. The molecule has 31 heavy (non-hydrogen) atoms. The van der Waals surface area contributed by atoms with Crippen LogP contribution in [0.15, 0.2) is 29.9 Å². The van der Waals surface area contributed by atoms with Gasteiger partial charge in [0.25, 0.3) is 0 Å². The molecule has 1 fully saturated rings. The number of nitrogens with one attached hydrogen (secondary N) is 1. The first-order chi connectivity index (χ1) is 15.6. The van der Waals surface area contributed by atoms with E-state index < -0.39 is 10.9 Å². The fourth-order valence-electron chi connectivity index (χ4n) is 3.83. The lowest BCUT2D eigenvalue weighted by atomic mass is 10.1. The smallest absolute Gasteiger partial charge is 0.203 e. The van der Waals surface area contributed by atoms with Crippen LogP contribution in [0.1, 0.15) is 13.9 Å². The summed E-state index contributed by atoms with van der Waals surface area (Å²) in [5.74, 6) is 1.38. The molecular weight excluding hydrogens is 436 g/mol. The van der Waals surface area contributed by atoms with Crippen molar-refractivity contribution in [3.05, 3.63) is 35.5 Å². The van der Waals surface area contributed by atoms with Gasteiger partial charge in [-0.15, -0.1) is 11.3 Å². The topological polar surface area (TPSA) is 104 Å². The van der Waals surface area contributed by atoms with E-state index in [1.807, 2.05) is 23.7 Å². The number of H-pyrrole nitrogens is 1. The summed E-state index contributed by atoms with van der Waals surface area (Å²) in [4.78, 5) is 19.6. The molecule has 5 heterocycles. The first-order valence-electron chi connectivity index (χ1n) is 10.5. The summed E-state index contributed by atoms with van der Waals surface area (Å²) >= 11 is 1.50. The molecule has 1 saturated heterocycles. The summed E-state index contributed by atoms with van der Waals surface area (Å²) in [5.41, 5.74) is 3.08. The minimum absolute atomic E-state index is 0.104. The molecule has 0 saturated carbocycles. The van der Waals surface area contributed by atoms with Crippen molar-refractivity contribution in [2.24, 2.45) is 0 Å². The molecule has 0 radical (unpaired) electrons. The maximum absolute atomic E-state index is 11.5. The summed E-state index contributed by atoms with van der Waals surface area (Å²) in [6.07, 6.45) is 3.55. The zero-order valence-electron chi connectivity index (χ0n) is 17.8. The molecule has 5 rings (SSSR count). The molecule has 4 aromatic rings. The number of aromatic nitrogens is 4. The third kappa shape index (κ3) is 3.67. The molecule has 0 unspecified atom stereocenters. The molecule has 0 amide bonds. The Bertz CT molecular complexity index is 1350. The van der Waals surface area contributed by atoms with E-state index in [1.165, 1.54) is 11.3 Å². The average Bonchev–Trinajstić information content (AvgIpc) is 3.44. The molecule has 1 aliphatic heterocycles. The monoisotopic (exact) mass is 459 g/mol. The van der Waals surface area contributed by atoms with Gasteiger partial charge in [0, 0.05) is 50.4 Å². The first-order valence-corrected chi connectivity index (χ1v) is 11.8. The van der Waals surface area contributed by atoms with Crippen molar-refractivity contribution >= 4 is 49.3 Å². The highest BCUT2D eigenvalue weighted by molar-refractivity contribution is 7.69. The Morgan fingerprint density at radius 1 is 1.42 bits per heavy atom. The number of ether oxygens (including phenoxy) is 1. The highest BCUT2D eigenvalue weighted by Gasteiger charge is 2.26. The Kier molecular flexibility index (Phi) is 5.03. The van der Waals surface area contributed by atoms with Gasteiger partial charge in [0.05, 0.1) is 29.5 Å². The summed E-state index contributed by atoms with van der Waals surface area (Å²) < 4.78 is 38.2. The molecule has 0 aromatic carbocycles. The number of thiophene rings is 1. The standard InChI is InChI=1S/C20H22N6O3S2/c1-12-10-29-8-7-26(12)20-17-16(13(11-30-17)9-25(2)31(27)28)23-19(24-20)15-4-6-22-18-14(15)3-5-21-18/h3-6,11-12,31H,7-10H2,1-2H3,(H,21,22)/t12-/m1/s1/i2D. The van der Waals surface area contributed by atoms with Crippen molar-refractivity contribution in [2.45, 2.75) is 19.5 Å². The molecule has 1 atom stereocenters. The largest absolute Gasteiger partial charge is 0.377 e. The summed E-state index contributed by atoms with van der Waals surface area (Å²) in [6, 6.07) is 3.98. The number of aromatic amines is 1. The van der Waals surface area contributed by atoms with Crippen molar-refractivity contribution in [1.29, 1.82) is 0 Å². The minimum atomic E-state index is -2.85. The van der Waals surface area contributed by atoms with Gasteiger partial charge >= 0.3 is 0 Å². The molecule has 9 nitrogen and oxygen atoms in total. The minimum Gasteiger partial charge on any atom is -0.377 e. The van der Waals surface area contributed by atoms with E-state index in [4.69, 9.17) is 16.1 Å². The van der Waals surface area contributed by atoms with Crippen molar-refractivity contribution in [3.63, 3.8) is 0 Å². The molecule has 162 valence electrons. The van der Waals surface area contributed by atoms with Crippen molar-refractivity contribution in [1.82, 2.24) is 24.2 Å². The molecule has 1 aliphatic rings. The Morgan fingerprint density at radius 2 is 2.32 bits per heavy atom. The fraction of sp³-hybridized carbons (Fsp3) is 0.350. The van der Waals surface area contributed by atoms with Gasteiger partial charge in [-0.05, 0) is 24.4 Å². The van der Waals surface area contributed by atoms with E-state index in [0.29, 0.717) is 31.1 Å². The van der Waals surface area contributed by atoms with Gasteiger partial charge < -0.3 is 14.6 Å². The second kappa shape index (κ2) is 8.15. The number of anilines is 1. The first kappa shape index (κ1) is 19.1. The average molecular weight is 460 g/mol. The van der Waals surface area contributed by atoms with Gasteiger partial charge in [-0.1, -0.05) is 0 Å². The predicted octanol–water partition coefficient (Wildman–Crippen LogP) is 2.42. The normalized spacial score (nSPS) is 17.8. The molecule has 0 spiro atoms. The number of nitrogens with zero attached hydrogens (tertiary/aromatic N) is 5. The van der Waals surface area contributed by atoms with Crippen LogP contribution >= 0.6 is 11.3 Å². The van der Waals surface area contributed by atoms with E-state index in [-0.39, 0.29) is 19.6 Å².